The average Bonchev–Trinajstić information content (AvgIpc) is 3.15. The molecule has 0 aliphatic carbocycles. The lowest BCUT2D eigenvalue weighted by atomic mass is 10.0. The molecule has 2 heterocycles. The number of nitro groups is 1. The molecule has 1 aliphatic rings. The summed E-state index contributed by atoms with van der Waals surface area (Å²) in [6.07, 6.45) is 4.91. The van der Waals surface area contributed by atoms with Gasteiger partial charge in [-0.1, -0.05) is 0 Å². The largest absolute Gasteiger partial charge is 0.465 e. The van der Waals surface area contributed by atoms with Crippen molar-refractivity contribution < 1.29 is 14.5 Å². The van der Waals surface area contributed by atoms with E-state index in [1.165, 1.54) is 25.6 Å². The van der Waals surface area contributed by atoms with Gasteiger partial charge in [0.2, 0.25) is 0 Å². The molecule has 0 N–H and O–H groups in total. The van der Waals surface area contributed by atoms with Crippen molar-refractivity contribution in [3.8, 4) is 0 Å². The molecule has 24 heavy (non-hydrogen) atoms. The van der Waals surface area contributed by atoms with E-state index in [1.807, 2.05) is 9.58 Å². The zero-order valence-electron chi connectivity index (χ0n) is 13.2. The predicted molar refractivity (Wildman–Crippen MR) is 84.9 cm³/mol. The second kappa shape index (κ2) is 6.65. The summed E-state index contributed by atoms with van der Waals surface area (Å²) in [5.74, 6) is -0.577. The van der Waals surface area contributed by atoms with Crippen LogP contribution in [0.25, 0.3) is 0 Å². The lowest BCUT2D eigenvalue weighted by Crippen LogP contribution is -2.35. The van der Waals surface area contributed by atoms with E-state index in [4.69, 9.17) is 4.74 Å². The van der Waals surface area contributed by atoms with Gasteiger partial charge in [-0.15, -0.1) is 0 Å². The third-order valence-corrected chi connectivity index (χ3v) is 4.21. The monoisotopic (exact) mass is 331 g/mol. The number of rotatable bonds is 4. The van der Waals surface area contributed by atoms with Gasteiger partial charge in [0.1, 0.15) is 12.7 Å². The van der Waals surface area contributed by atoms with E-state index in [0.29, 0.717) is 18.8 Å². The van der Waals surface area contributed by atoms with Crippen molar-refractivity contribution in [1.29, 1.82) is 0 Å². The summed E-state index contributed by atoms with van der Waals surface area (Å²) in [6, 6.07) is 4.55. The van der Waals surface area contributed by atoms with Crippen LogP contribution < -0.4 is 4.90 Å². The number of aromatic nitrogens is 3. The van der Waals surface area contributed by atoms with Crippen molar-refractivity contribution in [2.24, 2.45) is 0 Å². The Hall–Kier alpha value is -2.97. The van der Waals surface area contributed by atoms with E-state index >= 15 is 0 Å². The van der Waals surface area contributed by atoms with Gasteiger partial charge < -0.3 is 9.64 Å². The number of benzene rings is 1. The molecule has 1 aromatic carbocycles. The van der Waals surface area contributed by atoms with Crippen LogP contribution in [0.4, 0.5) is 11.4 Å². The Morgan fingerprint density at radius 2 is 2.12 bits per heavy atom. The van der Waals surface area contributed by atoms with Crippen molar-refractivity contribution in [2.45, 2.75) is 18.9 Å². The highest BCUT2D eigenvalue weighted by Gasteiger charge is 2.26. The molecule has 9 heteroatoms. The number of esters is 1. The highest BCUT2D eigenvalue weighted by Crippen LogP contribution is 2.31. The average molecular weight is 331 g/mol. The first kappa shape index (κ1) is 15.9. The molecule has 1 saturated heterocycles. The van der Waals surface area contributed by atoms with Crippen LogP contribution in [0.3, 0.4) is 0 Å². The van der Waals surface area contributed by atoms with Crippen LogP contribution in [0, 0.1) is 10.1 Å². The minimum atomic E-state index is -0.577. The number of carbonyl (C=O) groups excluding carboxylic acids is 1. The maximum Gasteiger partial charge on any atom is 0.340 e. The summed E-state index contributed by atoms with van der Waals surface area (Å²) in [6.45, 7) is 1.43. The zero-order valence-corrected chi connectivity index (χ0v) is 13.2. The number of anilines is 1. The molecular formula is C15H17N5O4. The van der Waals surface area contributed by atoms with Gasteiger partial charge in [-0.3, -0.25) is 10.1 Å². The van der Waals surface area contributed by atoms with Crippen LogP contribution in [0.15, 0.2) is 30.9 Å². The van der Waals surface area contributed by atoms with E-state index in [9.17, 15) is 14.9 Å². The number of methoxy groups -OCH3 is 1. The first-order valence-electron chi connectivity index (χ1n) is 7.56. The summed E-state index contributed by atoms with van der Waals surface area (Å²) in [5.41, 5.74) is 0.743. The second-order valence-corrected chi connectivity index (χ2v) is 5.54. The highest BCUT2D eigenvalue weighted by atomic mass is 16.6. The van der Waals surface area contributed by atoms with Gasteiger partial charge in [0.25, 0.3) is 5.69 Å². The van der Waals surface area contributed by atoms with Crippen molar-refractivity contribution in [1.82, 2.24) is 14.8 Å². The van der Waals surface area contributed by atoms with Crippen LogP contribution in [0.5, 0.6) is 0 Å². The number of hydrogen-bond acceptors (Lipinski definition) is 7. The number of nitrogens with zero attached hydrogens (tertiary/aromatic N) is 5. The Morgan fingerprint density at radius 3 is 2.71 bits per heavy atom. The number of piperidine rings is 1. The lowest BCUT2D eigenvalue weighted by Gasteiger charge is -2.34. The van der Waals surface area contributed by atoms with E-state index in [-0.39, 0.29) is 17.3 Å². The SMILES string of the molecule is COC(=O)c1cc([N+](=O)[O-])ccc1N1CCC(n2cncn2)CC1. The molecule has 0 bridgehead atoms. The first-order valence-corrected chi connectivity index (χ1v) is 7.56. The molecule has 3 rings (SSSR count). The topological polar surface area (TPSA) is 103 Å². The van der Waals surface area contributed by atoms with Gasteiger partial charge in [-0.2, -0.15) is 5.10 Å². The van der Waals surface area contributed by atoms with E-state index in [0.717, 1.165) is 12.8 Å². The molecule has 0 saturated carbocycles. The number of nitro benzene ring substituents is 1. The highest BCUT2D eigenvalue weighted by molar-refractivity contribution is 5.96. The molecule has 1 aliphatic heterocycles. The Balaban J connectivity index is 1.82. The first-order chi connectivity index (χ1) is 11.6. The van der Waals surface area contributed by atoms with E-state index in [2.05, 4.69) is 10.1 Å². The molecule has 0 spiro atoms. The fourth-order valence-electron chi connectivity index (χ4n) is 2.96. The van der Waals surface area contributed by atoms with Gasteiger partial charge in [-0.25, -0.2) is 14.5 Å². The van der Waals surface area contributed by atoms with Crippen LogP contribution in [0.1, 0.15) is 29.2 Å². The Bertz CT molecular complexity index is 738. The molecule has 1 fully saturated rings. The number of carbonyl (C=O) groups is 1. The minimum Gasteiger partial charge on any atom is -0.465 e. The molecule has 9 nitrogen and oxygen atoms in total. The molecule has 0 atom stereocenters. The summed E-state index contributed by atoms with van der Waals surface area (Å²) in [7, 11) is 1.27. The fraction of sp³-hybridized carbons (Fsp3) is 0.400. The summed E-state index contributed by atoms with van der Waals surface area (Å²) in [5, 5.41) is 15.1. The molecule has 0 unspecified atom stereocenters. The number of non-ortho nitro benzene ring substituents is 1. The summed E-state index contributed by atoms with van der Waals surface area (Å²) < 4.78 is 6.61. The van der Waals surface area contributed by atoms with Crippen LogP contribution in [-0.4, -0.2) is 45.9 Å². The van der Waals surface area contributed by atoms with Crippen molar-refractivity contribution in [2.75, 3.05) is 25.1 Å². The van der Waals surface area contributed by atoms with Crippen LogP contribution >= 0.6 is 0 Å². The third-order valence-electron chi connectivity index (χ3n) is 4.21. The normalized spacial score (nSPS) is 15.3. The molecule has 126 valence electrons. The third kappa shape index (κ3) is 3.05. The molecule has 1 aromatic heterocycles. The maximum atomic E-state index is 12.0. The Morgan fingerprint density at radius 1 is 1.38 bits per heavy atom. The number of ether oxygens (including phenoxy) is 1. The van der Waals surface area contributed by atoms with Crippen molar-refractivity contribution in [3.63, 3.8) is 0 Å². The van der Waals surface area contributed by atoms with Crippen LogP contribution in [-0.2, 0) is 4.74 Å². The van der Waals surface area contributed by atoms with Gasteiger partial charge in [0, 0.05) is 25.2 Å². The number of hydrogen-bond donors (Lipinski definition) is 0. The quantitative estimate of drug-likeness (QED) is 0.478. The molecular weight excluding hydrogens is 314 g/mol. The van der Waals surface area contributed by atoms with Crippen molar-refractivity contribution >= 4 is 17.3 Å². The van der Waals surface area contributed by atoms with E-state index in [1.54, 1.807) is 12.4 Å². The van der Waals surface area contributed by atoms with Gasteiger partial charge in [0.05, 0.1) is 29.3 Å². The predicted octanol–water partition coefficient (Wildman–Crippen LogP) is 1.81. The standard InChI is InChI=1S/C15H17N5O4/c1-24-15(21)13-8-12(20(22)23)2-3-14(13)18-6-4-11(5-7-18)19-10-16-9-17-19/h2-3,8-11H,4-7H2,1H3. The zero-order chi connectivity index (χ0) is 17.1. The van der Waals surface area contributed by atoms with E-state index < -0.39 is 10.9 Å². The summed E-state index contributed by atoms with van der Waals surface area (Å²) in [4.78, 5) is 28.4. The lowest BCUT2D eigenvalue weighted by molar-refractivity contribution is -0.384. The summed E-state index contributed by atoms with van der Waals surface area (Å²) >= 11 is 0. The Labute approximate surface area is 138 Å². The molecule has 0 radical (unpaired) electrons. The molecule has 0 amide bonds. The molecule has 2 aromatic rings. The maximum absolute atomic E-state index is 12.0. The van der Waals surface area contributed by atoms with Gasteiger partial charge in [-0.05, 0) is 18.9 Å². The smallest absolute Gasteiger partial charge is 0.340 e. The minimum absolute atomic E-state index is 0.128. The Kier molecular flexibility index (Phi) is 4.41. The van der Waals surface area contributed by atoms with Crippen LogP contribution in [0.2, 0.25) is 0 Å². The van der Waals surface area contributed by atoms with Gasteiger partial charge >= 0.3 is 5.97 Å². The van der Waals surface area contributed by atoms with Gasteiger partial charge in [0.15, 0.2) is 0 Å². The second-order valence-electron chi connectivity index (χ2n) is 5.54. The van der Waals surface area contributed by atoms with Crippen molar-refractivity contribution in [3.05, 3.63) is 46.5 Å². The fourth-order valence-corrected chi connectivity index (χ4v) is 2.96.